The second kappa shape index (κ2) is 5.16. The molecule has 0 spiro atoms. The molecule has 2 aliphatic heterocycles. The Balaban J connectivity index is 1.73. The van der Waals surface area contributed by atoms with Gasteiger partial charge in [-0.2, -0.15) is 0 Å². The van der Waals surface area contributed by atoms with Gasteiger partial charge in [-0.3, -0.25) is 9.69 Å². The van der Waals surface area contributed by atoms with Crippen molar-refractivity contribution in [2.45, 2.75) is 19.3 Å². The fourth-order valence-electron chi connectivity index (χ4n) is 2.40. The Labute approximate surface area is 115 Å². The summed E-state index contributed by atoms with van der Waals surface area (Å²) < 4.78 is 0. The number of aromatic nitrogens is 1. The standard InChI is InChI=1S/C12H16N4O2S/c17-10(15-5-2-1-3-6-15)9-8-19-12(14-9)16-7-4-13-11(16)18/h8H,1-7H2,(H,13,18). The van der Waals surface area contributed by atoms with E-state index >= 15 is 0 Å². The molecule has 3 amide bonds. The molecule has 0 bridgehead atoms. The molecule has 1 aromatic heterocycles. The van der Waals surface area contributed by atoms with Crippen LogP contribution in [-0.4, -0.2) is 48.0 Å². The van der Waals surface area contributed by atoms with Gasteiger partial charge in [0.05, 0.1) is 0 Å². The van der Waals surface area contributed by atoms with Crippen LogP contribution in [0.4, 0.5) is 9.93 Å². The number of hydrogen-bond donors (Lipinski definition) is 1. The number of anilines is 1. The van der Waals surface area contributed by atoms with Crippen LogP contribution < -0.4 is 10.2 Å². The molecule has 7 heteroatoms. The lowest BCUT2D eigenvalue weighted by Gasteiger charge is -2.25. The normalized spacial score (nSPS) is 19.7. The zero-order chi connectivity index (χ0) is 13.2. The number of carbonyl (C=O) groups is 2. The van der Waals surface area contributed by atoms with E-state index in [0.717, 1.165) is 25.9 Å². The number of rotatable bonds is 2. The Morgan fingerprint density at radius 1 is 1.26 bits per heavy atom. The van der Waals surface area contributed by atoms with E-state index in [1.54, 1.807) is 10.3 Å². The van der Waals surface area contributed by atoms with Gasteiger partial charge in [0, 0.05) is 31.6 Å². The molecule has 2 fully saturated rings. The molecule has 0 unspecified atom stereocenters. The van der Waals surface area contributed by atoms with Gasteiger partial charge in [-0.05, 0) is 19.3 Å². The summed E-state index contributed by atoms with van der Waals surface area (Å²) in [4.78, 5) is 31.5. The molecule has 0 aliphatic carbocycles. The van der Waals surface area contributed by atoms with Crippen molar-refractivity contribution in [2.24, 2.45) is 0 Å². The number of likely N-dealkylation sites (tertiary alicyclic amines) is 1. The average molecular weight is 280 g/mol. The first-order valence-electron chi connectivity index (χ1n) is 6.56. The first-order chi connectivity index (χ1) is 9.25. The van der Waals surface area contributed by atoms with Gasteiger partial charge >= 0.3 is 6.03 Å². The van der Waals surface area contributed by atoms with Gasteiger partial charge in [0.25, 0.3) is 5.91 Å². The third-order valence-electron chi connectivity index (χ3n) is 3.44. The molecule has 0 atom stereocenters. The number of nitrogens with one attached hydrogen (secondary N) is 1. The lowest BCUT2D eigenvalue weighted by atomic mass is 10.1. The molecule has 0 aromatic carbocycles. The lowest BCUT2D eigenvalue weighted by Crippen LogP contribution is -2.35. The van der Waals surface area contributed by atoms with Crippen LogP contribution in [-0.2, 0) is 0 Å². The monoisotopic (exact) mass is 280 g/mol. The summed E-state index contributed by atoms with van der Waals surface area (Å²) in [6.45, 7) is 2.88. The smallest absolute Gasteiger partial charge is 0.323 e. The maximum Gasteiger partial charge on any atom is 0.323 e. The average Bonchev–Trinajstić information content (AvgIpc) is 3.07. The van der Waals surface area contributed by atoms with Crippen molar-refractivity contribution in [1.82, 2.24) is 15.2 Å². The Hall–Kier alpha value is -1.63. The van der Waals surface area contributed by atoms with Crippen LogP contribution in [0.2, 0.25) is 0 Å². The van der Waals surface area contributed by atoms with E-state index in [1.165, 1.54) is 17.8 Å². The highest BCUT2D eigenvalue weighted by Crippen LogP contribution is 2.23. The van der Waals surface area contributed by atoms with Crippen LogP contribution in [0.15, 0.2) is 5.38 Å². The quantitative estimate of drug-likeness (QED) is 0.888. The van der Waals surface area contributed by atoms with E-state index in [-0.39, 0.29) is 11.9 Å². The largest absolute Gasteiger partial charge is 0.337 e. The van der Waals surface area contributed by atoms with Crippen molar-refractivity contribution in [3.05, 3.63) is 11.1 Å². The summed E-state index contributed by atoms with van der Waals surface area (Å²) >= 11 is 1.35. The first-order valence-corrected chi connectivity index (χ1v) is 7.44. The Bertz CT molecular complexity index is 496. The topological polar surface area (TPSA) is 65.5 Å². The number of hydrogen-bond acceptors (Lipinski definition) is 4. The van der Waals surface area contributed by atoms with E-state index in [9.17, 15) is 9.59 Å². The minimum absolute atomic E-state index is 0.0122. The molecule has 19 heavy (non-hydrogen) atoms. The van der Waals surface area contributed by atoms with E-state index in [2.05, 4.69) is 10.3 Å². The SMILES string of the molecule is O=C(c1csc(N2CCNC2=O)n1)N1CCCCC1. The maximum atomic E-state index is 12.3. The van der Waals surface area contributed by atoms with Crippen molar-refractivity contribution < 1.29 is 9.59 Å². The van der Waals surface area contributed by atoms with E-state index in [0.29, 0.717) is 23.9 Å². The number of nitrogens with zero attached hydrogens (tertiary/aromatic N) is 3. The summed E-state index contributed by atoms with van der Waals surface area (Å²) in [5.74, 6) is -0.0122. The van der Waals surface area contributed by atoms with Crippen molar-refractivity contribution in [2.75, 3.05) is 31.1 Å². The van der Waals surface area contributed by atoms with E-state index < -0.39 is 0 Å². The third-order valence-corrected chi connectivity index (χ3v) is 4.31. The highest BCUT2D eigenvalue weighted by molar-refractivity contribution is 7.14. The van der Waals surface area contributed by atoms with E-state index in [4.69, 9.17) is 0 Å². The molecule has 0 radical (unpaired) electrons. The second-order valence-corrected chi connectivity index (χ2v) is 5.59. The molecule has 0 saturated carbocycles. The van der Waals surface area contributed by atoms with Crippen LogP contribution in [0.3, 0.4) is 0 Å². The summed E-state index contributed by atoms with van der Waals surface area (Å²) in [6, 6.07) is -0.133. The van der Waals surface area contributed by atoms with Crippen LogP contribution in [0.1, 0.15) is 29.8 Å². The third kappa shape index (κ3) is 2.42. The van der Waals surface area contributed by atoms with Gasteiger partial charge in [-0.25, -0.2) is 9.78 Å². The van der Waals surface area contributed by atoms with Crippen molar-refractivity contribution in [1.29, 1.82) is 0 Å². The maximum absolute atomic E-state index is 12.3. The van der Waals surface area contributed by atoms with Gasteiger partial charge in [-0.15, -0.1) is 11.3 Å². The minimum Gasteiger partial charge on any atom is -0.337 e. The zero-order valence-corrected chi connectivity index (χ0v) is 11.4. The molecular formula is C12H16N4O2S. The molecule has 102 valence electrons. The Kier molecular flexibility index (Phi) is 3.37. The summed E-state index contributed by atoms with van der Waals surface area (Å²) in [5, 5.41) is 5.08. The molecular weight excluding hydrogens is 264 g/mol. The molecule has 3 rings (SSSR count). The van der Waals surface area contributed by atoms with Crippen molar-refractivity contribution in [3.8, 4) is 0 Å². The van der Waals surface area contributed by atoms with Crippen LogP contribution >= 0.6 is 11.3 Å². The predicted molar refractivity (Wildman–Crippen MR) is 72.6 cm³/mol. The summed E-state index contributed by atoms with van der Waals surface area (Å²) in [5.41, 5.74) is 0.460. The van der Waals surface area contributed by atoms with Gasteiger partial charge in [0.15, 0.2) is 5.13 Å². The Morgan fingerprint density at radius 3 is 2.74 bits per heavy atom. The van der Waals surface area contributed by atoms with Crippen LogP contribution in [0, 0.1) is 0 Å². The fraction of sp³-hybridized carbons (Fsp3) is 0.583. The first kappa shape index (κ1) is 12.4. The number of thiazole rings is 1. The second-order valence-electron chi connectivity index (χ2n) is 4.75. The summed E-state index contributed by atoms with van der Waals surface area (Å²) in [6.07, 6.45) is 3.33. The van der Waals surface area contributed by atoms with Crippen LogP contribution in [0.25, 0.3) is 0 Å². The Morgan fingerprint density at radius 2 is 2.05 bits per heavy atom. The molecule has 1 aromatic rings. The molecule has 1 N–H and O–H groups in total. The molecule has 3 heterocycles. The molecule has 2 aliphatic rings. The zero-order valence-electron chi connectivity index (χ0n) is 10.6. The highest BCUT2D eigenvalue weighted by atomic mass is 32.1. The predicted octanol–water partition coefficient (Wildman–Crippen LogP) is 1.30. The lowest BCUT2D eigenvalue weighted by molar-refractivity contribution is 0.0719. The van der Waals surface area contributed by atoms with Gasteiger partial charge in [0.2, 0.25) is 0 Å². The van der Waals surface area contributed by atoms with Crippen molar-refractivity contribution >= 4 is 28.4 Å². The highest BCUT2D eigenvalue weighted by Gasteiger charge is 2.26. The van der Waals surface area contributed by atoms with Gasteiger partial charge < -0.3 is 10.2 Å². The van der Waals surface area contributed by atoms with Crippen LogP contribution in [0.5, 0.6) is 0 Å². The number of amides is 3. The van der Waals surface area contributed by atoms with Gasteiger partial charge in [0.1, 0.15) is 5.69 Å². The van der Waals surface area contributed by atoms with Gasteiger partial charge in [-0.1, -0.05) is 0 Å². The summed E-state index contributed by atoms with van der Waals surface area (Å²) in [7, 11) is 0. The van der Waals surface area contributed by atoms with E-state index in [1.807, 2.05) is 4.90 Å². The molecule has 2 saturated heterocycles. The number of urea groups is 1. The fourth-order valence-corrected chi connectivity index (χ4v) is 3.22. The van der Waals surface area contributed by atoms with Crippen molar-refractivity contribution in [3.63, 3.8) is 0 Å². The molecule has 6 nitrogen and oxygen atoms in total. The minimum atomic E-state index is -0.133. The number of piperidine rings is 1. The number of carbonyl (C=O) groups excluding carboxylic acids is 2.